The summed E-state index contributed by atoms with van der Waals surface area (Å²) in [5, 5.41) is 16.8. The van der Waals surface area contributed by atoms with Crippen molar-refractivity contribution in [3.63, 3.8) is 0 Å². The van der Waals surface area contributed by atoms with E-state index in [1.54, 1.807) is 6.92 Å². The van der Waals surface area contributed by atoms with Crippen molar-refractivity contribution < 1.29 is 34.1 Å². The molecule has 0 amide bonds. The van der Waals surface area contributed by atoms with Gasteiger partial charge >= 0.3 is 17.9 Å². The first-order valence-corrected chi connectivity index (χ1v) is 14.6. The van der Waals surface area contributed by atoms with Crippen molar-refractivity contribution in [2.75, 3.05) is 19.8 Å². The minimum atomic E-state index is -0.782. The van der Waals surface area contributed by atoms with E-state index in [4.69, 9.17) is 19.7 Å². The van der Waals surface area contributed by atoms with E-state index < -0.39 is 5.97 Å². The number of rotatable bonds is 9. The Morgan fingerprint density at radius 3 is 1.39 bits per heavy atom. The van der Waals surface area contributed by atoms with Crippen molar-refractivity contribution in [2.45, 2.75) is 59.2 Å². The first-order valence-electron chi connectivity index (χ1n) is 13.5. The number of aliphatic carboxylic acids is 1. The Balaban J connectivity index is 0.000000561. The molecule has 0 aromatic heterocycles. The van der Waals surface area contributed by atoms with Crippen LogP contribution in [-0.2, 0) is 48.4 Å². The number of halogens is 1. The molecule has 3 rings (SSSR count). The Morgan fingerprint density at radius 1 is 0.659 bits per heavy atom. The van der Waals surface area contributed by atoms with Gasteiger partial charge in [-0.25, -0.2) is 0 Å². The fourth-order valence-corrected chi connectivity index (χ4v) is 3.75. The van der Waals surface area contributed by atoms with Gasteiger partial charge in [0.25, 0.3) is 0 Å². The molecule has 0 bridgehead atoms. The average molecular weight is 632 g/mol. The molecular formula is C33H43BrO7. The summed E-state index contributed by atoms with van der Waals surface area (Å²) >= 11 is 3.37. The van der Waals surface area contributed by atoms with Crippen LogP contribution in [0.5, 0.6) is 0 Å². The molecule has 0 saturated heterocycles. The number of esters is 2. The number of aliphatic hydroxyl groups is 1. The Bertz CT molecular complexity index is 1180. The third-order valence-corrected chi connectivity index (χ3v) is 5.62. The van der Waals surface area contributed by atoms with E-state index in [0.717, 1.165) is 27.6 Å². The molecule has 8 heteroatoms. The third kappa shape index (κ3) is 20.1. The largest absolute Gasteiger partial charge is 0.481 e. The van der Waals surface area contributed by atoms with E-state index in [2.05, 4.69) is 15.9 Å². The van der Waals surface area contributed by atoms with Gasteiger partial charge in [0.2, 0.25) is 0 Å². The summed E-state index contributed by atoms with van der Waals surface area (Å²) in [6.07, 6.45) is 0.839. The number of carbonyl (C=O) groups is 3. The van der Waals surface area contributed by atoms with Crippen LogP contribution in [0.2, 0.25) is 0 Å². The molecule has 0 saturated carbocycles. The highest BCUT2D eigenvalue weighted by molar-refractivity contribution is 9.08. The number of aliphatic hydroxyl groups excluding tert-OH is 1. The molecule has 0 aliphatic carbocycles. The van der Waals surface area contributed by atoms with Crippen molar-refractivity contribution in [3.05, 3.63) is 106 Å². The van der Waals surface area contributed by atoms with Crippen molar-refractivity contribution in [1.82, 2.24) is 0 Å². The number of ether oxygens (including phenoxy) is 2. The molecule has 3 aromatic rings. The van der Waals surface area contributed by atoms with Gasteiger partial charge in [-0.05, 0) is 56.9 Å². The van der Waals surface area contributed by atoms with Gasteiger partial charge in [-0.3, -0.25) is 14.4 Å². The SMILES string of the molecule is CCO.CCOC(=O)Cc1cccc(C)c1.CCOC(=O)Cc1cccc(CBr)c1.Cc1cccc(CC(=O)O)c1. The number of carbonyl (C=O) groups excluding carboxylic acids is 2. The smallest absolute Gasteiger partial charge is 0.310 e. The number of carboxylic acids is 1. The van der Waals surface area contributed by atoms with E-state index in [-0.39, 0.29) is 25.0 Å². The topological polar surface area (TPSA) is 110 Å². The van der Waals surface area contributed by atoms with Crippen molar-refractivity contribution in [1.29, 1.82) is 0 Å². The van der Waals surface area contributed by atoms with E-state index in [1.807, 2.05) is 100 Å². The summed E-state index contributed by atoms with van der Waals surface area (Å²) in [4.78, 5) is 32.6. The van der Waals surface area contributed by atoms with Gasteiger partial charge < -0.3 is 19.7 Å². The highest BCUT2D eigenvalue weighted by Gasteiger charge is 2.04. The second kappa shape index (κ2) is 23.2. The van der Waals surface area contributed by atoms with Crippen LogP contribution in [0.1, 0.15) is 54.2 Å². The minimum Gasteiger partial charge on any atom is -0.481 e. The van der Waals surface area contributed by atoms with Crippen molar-refractivity contribution in [3.8, 4) is 0 Å². The number of hydrogen-bond acceptors (Lipinski definition) is 6. The van der Waals surface area contributed by atoms with E-state index in [9.17, 15) is 14.4 Å². The lowest BCUT2D eigenvalue weighted by atomic mass is 10.1. The zero-order valence-electron chi connectivity index (χ0n) is 24.7. The monoisotopic (exact) mass is 630 g/mol. The summed E-state index contributed by atoms with van der Waals surface area (Å²) in [5.41, 5.74) is 6.31. The van der Waals surface area contributed by atoms with Gasteiger partial charge in [-0.2, -0.15) is 0 Å². The molecule has 0 atom stereocenters. The van der Waals surface area contributed by atoms with Crippen LogP contribution >= 0.6 is 15.9 Å². The minimum absolute atomic E-state index is 0.113. The van der Waals surface area contributed by atoms with Crippen LogP contribution in [0.3, 0.4) is 0 Å². The fourth-order valence-electron chi connectivity index (χ4n) is 3.40. The van der Waals surface area contributed by atoms with Gasteiger partial charge in [-0.15, -0.1) is 0 Å². The molecule has 0 aliphatic rings. The lowest BCUT2D eigenvalue weighted by Crippen LogP contribution is -2.07. The normalized spacial score (nSPS) is 9.44. The standard InChI is InChI=1S/C11H13BrO2.C11H14O2.C9H10O2.C2H6O/c1-2-14-11(13)7-9-4-3-5-10(6-9)8-12;1-3-13-11(12)8-10-6-4-5-9(2)7-10;1-7-3-2-4-8(5-7)6-9(10)11;1-2-3/h3-6H,2,7-8H2,1H3;4-7H,3,8H2,1-2H3;2-5H,6H2,1H3,(H,10,11);3H,2H2,1H3. The number of aryl methyl sites for hydroxylation is 2. The molecule has 7 nitrogen and oxygen atoms in total. The Hall–Kier alpha value is -3.49. The molecule has 41 heavy (non-hydrogen) atoms. The zero-order chi connectivity index (χ0) is 31.0. The predicted octanol–water partition coefficient (Wildman–Crippen LogP) is 6.41. The number of carboxylic acid groups (broad SMARTS) is 1. The first-order chi connectivity index (χ1) is 19.6. The summed E-state index contributed by atoms with van der Waals surface area (Å²) in [6.45, 7) is 10.4. The lowest BCUT2D eigenvalue weighted by Gasteiger charge is -2.03. The highest BCUT2D eigenvalue weighted by Crippen LogP contribution is 2.10. The van der Waals surface area contributed by atoms with Gasteiger partial charge in [0, 0.05) is 11.9 Å². The van der Waals surface area contributed by atoms with E-state index in [1.165, 1.54) is 11.1 Å². The Labute approximate surface area is 252 Å². The van der Waals surface area contributed by atoms with Crippen molar-refractivity contribution in [2.24, 2.45) is 0 Å². The second-order valence-electron chi connectivity index (χ2n) is 8.78. The number of alkyl halides is 1. The molecule has 3 aromatic carbocycles. The second-order valence-corrected chi connectivity index (χ2v) is 9.34. The summed E-state index contributed by atoms with van der Waals surface area (Å²) in [7, 11) is 0. The first kappa shape index (κ1) is 37.5. The molecule has 0 unspecified atom stereocenters. The van der Waals surface area contributed by atoms with Gasteiger partial charge in [-0.1, -0.05) is 99.9 Å². The van der Waals surface area contributed by atoms with Crippen molar-refractivity contribution >= 4 is 33.8 Å². The zero-order valence-corrected chi connectivity index (χ0v) is 26.3. The lowest BCUT2D eigenvalue weighted by molar-refractivity contribution is -0.143. The van der Waals surface area contributed by atoms with Gasteiger partial charge in [0.15, 0.2) is 0 Å². The molecule has 0 aliphatic heterocycles. The van der Waals surface area contributed by atoms with E-state index >= 15 is 0 Å². The Kier molecular flexibility index (Phi) is 21.3. The van der Waals surface area contributed by atoms with E-state index in [0.29, 0.717) is 26.1 Å². The van der Waals surface area contributed by atoms with Crippen LogP contribution in [-0.4, -0.2) is 47.9 Å². The highest BCUT2D eigenvalue weighted by atomic mass is 79.9. The molecule has 2 N–H and O–H groups in total. The number of benzene rings is 3. The van der Waals surface area contributed by atoms with Crippen LogP contribution in [0.4, 0.5) is 0 Å². The molecule has 0 radical (unpaired) electrons. The van der Waals surface area contributed by atoms with Crippen LogP contribution in [0, 0.1) is 13.8 Å². The third-order valence-electron chi connectivity index (χ3n) is 4.97. The molecule has 0 heterocycles. The summed E-state index contributed by atoms with van der Waals surface area (Å²) in [6, 6.07) is 23.3. The summed E-state index contributed by atoms with van der Waals surface area (Å²) < 4.78 is 9.72. The maximum absolute atomic E-state index is 11.2. The van der Waals surface area contributed by atoms with Crippen LogP contribution in [0.15, 0.2) is 72.8 Å². The average Bonchev–Trinajstić information content (AvgIpc) is 2.90. The molecule has 0 spiro atoms. The van der Waals surface area contributed by atoms with Gasteiger partial charge in [0.1, 0.15) is 0 Å². The summed E-state index contributed by atoms with van der Waals surface area (Å²) in [5.74, 6) is -1.11. The predicted molar refractivity (Wildman–Crippen MR) is 166 cm³/mol. The molecule has 0 fully saturated rings. The molecule has 224 valence electrons. The van der Waals surface area contributed by atoms with Crippen LogP contribution in [0.25, 0.3) is 0 Å². The number of hydrogen-bond donors (Lipinski definition) is 2. The Morgan fingerprint density at radius 2 is 1.02 bits per heavy atom. The van der Waals surface area contributed by atoms with Gasteiger partial charge in [0.05, 0.1) is 32.5 Å². The maximum Gasteiger partial charge on any atom is 0.310 e. The molecular weight excluding hydrogens is 588 g/mol. The maximum atomic E-state index is 11.2. The fraction of sp³-hybridized carbons (Fsp3) is 0.364. The quantitative estimate of drug-likeness (QED) is 0.208. The van der Waals surface area contributed by atoms with Crippen LogP contribution < -0.4 is 0 Å².